The highest BCUT2D eigenvalue weighted by Gasteiger charge is 2.29. The molecule has 10 heteroatoms. The van der Waals surface area contributed by atoms with E-state index >= 15 is 0 Å². The number of hydrogen-bond donors (Lipinski definition) is 2. The SMILES string of the molecule is CC(C)(C)S(=O)(=O)NCc1ccccc1OCCCCCOc1ccccc1CNS(=O)(=O)C(C)(C)C. The predicted molar refractivity (Wildman–Crippen MR) is 149 cm³/mol. The maximum Gasteiger partial charge on any atom is 0.216 e. The van der Waals surface area contributed by atoms with Gasteiger partial charge in [-0.05, 0) is 72.9 Å². The standard InChI is InChI=1S/C27H42N2O6S2/c1-26(2,3)36(30,31)28-20-22-14-8-10-16-24(22)34-18-12-7-13-19-35-25-17-11-9-15-23(25)21-29-37(32,33)27(4,5)6/h8-11,14-17,28-29H,7,12-13,18-21H2,1-6H3. The van der Waals surface area contributed by atoms with Crippen molar-refractivity contribution in [1.82, 2.24) is 9.44 Å². The van der Waals surface area contributed by atoms with Gasteiger partial charge >= 0.3 is 0 Å². The number of para-hydroxylation sites is 2. The third-order valence-corrected chi connectivity index (χ3v) is 10.0. The molecule has 37 heavy (non-hydrogen) atoms. The van der Waals surface area contributed by atoms with Gasteiger partial charge in [-0.25, -0.2) is 26.3 Å². The summed E-state index contributed by atoms with van der Waals surface area (Å²) in [6.07, 6.45) is 2.52. The second-order valence-corrected chi connectivity index (χ2v) is 15.9. The zero-order chi connectivity index (χ0) is 27.7. The van der Waals surface area contributed by atoms with E-state index in [1.165, 1.54) is 0 Å². The summed E-state index contributed by atoms with van der Waals surface area (Å²) in [6, 6.07) is 14.8. The molecule has 0 fully saturated rings. The lowest BCUT2D eigenvalue weighted by molar-refractivity contribution is 0.276. The fourth-order valence-electron chi connectivity index (χ4n) is 3.11. The minimum absolute atomic E-state index is 0.176. The molecule has 0 amide bonds. The average Bonchev–Trinajstić information content (AvgIpc) is 2.80. The first-order chi connectivity index (χ1) is 17.1. The van der Waals surface area contributed by atoms with Crippen LogP contribution in [-0.2, 0) is 33.1 Å². The molecule has 0 saturated heterocycles. The lowest BCUT2D eigenvalue weighted by Gasteiger charge is -2.20. The molecule has 208 valence electrons. The second-order valence-electron chi connectivity index (χ2n) is 10.8. The van der Waals surface area contributed by atoms with E-state index < -0.39 is 29.5 Å². The molecule has 0 bridgehead atoms. The zero-order valence-electron chi connectivity index (χ0n) is 22.8. The van der Waals surface area contributed by atoms with Crippen LogP contribution in [0.1, 0.15) is 71.9 Å². The van der Waals surface area contributed by atoms with E-state index in [0.29, 0.717) is 24.7 Å². The number of sulfonamides is 2. The number of ether oxygens (including phenoxy) is 2. The Labute approximate surface area is 223 Å². The Morgan fingerprint density at radius 3 is 1.30 bits per heavy atom. The van der Waals surface area contributed by atoms with Crippen LogP contribution in [-0.4, -0.2) is 39.5 Å². The van der Waals surface area contributed by atoms with Gasteiger partial charge in [0.15, 0.2) is 0 Å². The van der Waals surface area contributed by atoms with E-state index in [9.17, 15) is 16.8 Å². The van der Waals surface area contributed by atoms with Crippen molar-refractivity contribution in [2.24, 2.45) is 0 Å². The topological polar surface area (TPSA) is 111 Å². The molecular formula is C27H42N2O6S2. The van der Waals surface area contributed by atoms with Crippen molar-refractivity contribution in [2.75, 3.05) is 13.2 Å². The summed E-state index contributed by atoms with van der Waals surface area (Å²) in [7, 11) is -6.89. The summed E-state index contributed by atoms with van der Waals surface area (Å²) in [5, 5.41) is 0. The molecule has 0 aromatic heterocycles. The maximum atomic E-state index is 12.3. The summed E-state index contributed by atoms with van der Waals surface area (Å²) in [5.74, 6) is 1.34. The van der Waals surface area contributed by atoms with Crippen molar-refractivity contribution in [3.8, 4) is 11.5 Å². The third-order valence-electron chi connectivity index (χ3n) is 5.77. The highest BCUT2D eigenvalue weighted by molar-refractivity contribution is 7.91. The molecule has 0 radical (unpaired) electrons. The molecule has 2 aromatic rings. The summed E-state index contributed by atoms with van der Waals surface area (Å²) in [5.41, 5.74) is 1.58. The Morgan fingerprint density at radius 1 is 0.595 bits per heavy atom. The minimum Gasteiger partial charge on any atom is -0.493 e. The molecule has 0 atom stereocenters. The Balaban J connectivity index is 1.77. The van der Waals surface area contributed by atoms with Crippen LogP contribution in [0.15, 0.2) is 48.5 Å². The predicted octanol–water partition coefficient (Wildman–Crippen LogP) is 4.75. The molecule has 8 nitrogen and oxygen atoms in total. The van der Waals surface area contributed by atoms with Crippen molar-refractivity contribution in [2.45, 2.75) is 83.4 Å². The Kier molecular flexibility index (Phi) is 11.0. The molecule has 0 aliphatic carbocycles. The molecule has 2 rings (SSSR count). The van der Waals surface area contributed by atoms with Gasteiger partial charge in [0.25, 0.3) is 0 Å². The Hall–Kier alpha value is -2.14. The second kappa shape index (κ2) is 13.1. The normalized spacial score (nSPS) is 12.9. The number of nitrogens with one attached hydrogen (secondary N) is 2. The summed E-state index contributed by atoms with van der Waals surface area (Å²) >= 11 is 0. The molecule has 0 unspecified atom stereocenters. The number of unbranched alkanes of at least 4 members (excludes halogenated alkanes) is 2. The molecule has 0 heterocycles. The van der Waals surface area contributed by atoms with E-state index in [0.717, 1.165) is 30.4 Å². The molecular weight excluding hydrogens is 512 g/mol. The summed E-state index contributed by atoms with van der Waals surface area (Å²) in [6.45, 7) is 11.3. The van der Waals surface area contributed by atoms with Crippen LogP contribution in [0.3, 0.4) is 0 Å². The van der Waals surface area contributed by atoms with Gasteiger partial charge < -0.3 is 9.47 Å². The Morgan fingerprint density at radius 2 is 0.946 bits per heavy atom. The molecule has 0 saturated carbocycles. The highest BCUT2D eigenvalue weighted by Crippen LogP contribution is 2.22. The van der Waals surface area contributed by atoms with Gasteiger partial charge in [0, 0.05) is 24.2 Å². The Bertz CT molecular complexity index is 1120. The lowest BCUT2D eigenvalue weighted by atomic mass is 10.2. The minimum atomic E-state index is -3.45. The fourth-order valence-corrected chi connectivity index (χ4v) is 4.66. The van der Waals surface area contributed by atoms with Crippen molar-refractivity contribution < 1.29 is 26.3 Å². The number of benzene rings is 2. The van der Waals surface area contributed by atoms with E-state index in [4.69, 9.17) is 9.47 Å². The monoisotopic (exact) mass is 554 g/mol. The van der Waals surface area contributed by atoms with Crippen molar-refractivity contribution in [3.05, 3.63) is 59.7 Å². The van der Waals surface area contributed by atoms with Crippen LogP contribution in [0, 0.1) is 0 Å². The van der Waals surface area contributed by atoms with Crippen molar-refractivity contribution >= 4 is 20.0 Å². The van der Waals surface area contributed by atoms with Crippen LogP contribution in [0.25, 0.3) is 0 Å². The molecule has 2 aromatic carbocycles. The van der Waals surface area contributed by atoms with Crippen LogP contribution >= 0.6 is 0 Å². The average molecular weight is 555 g/mol. The zero-order valence-corrected chi connectivity index (χ0v) is 24.5. The van der Waals surface area contributed by atoms with Crippen LogP contribution in [0.5, 0.6) is 11.5 Å². The first kappa shape index (κ1) is 31.1. The summed E-state index contributed by atoms with van der Waals surface area (Å²) in [4.78, 5) is 0. The van der Waals surface area contributed by atoms with Gasteiger partial charge in [0.2, 0.25) is 20.0 Å². The van der Waals surface area contributed by atoms with Crippen LogP contribution in [0.4, 0.5) is 0 Å². The van der Waals surface area contributed by atoms with E-state index in [1.807, 2.05) is 48.5 Å². The first-order valence-corrected chi connectivity index (χ1v) is 15.5. The molecule has 0 aliphatic rings. The fraction of sp³-hybridized carbons (Fsp3) is 0.556. The number of rotatable bonds is 14. The van der Waals surface area contributed by atoms with E-state index in [1.54, 1.807) is 41.5 Å². The summed E-state index contributed by atoms with van der Waals surface area (Å²) < 4.78 is 64.8. The van der Waals surface area contributed by atoms with Gasteiger partial charge in [0.1, 0.15) is 11.5 Å². The molecule has 2 N–H and O–H groups in total. The smallest absolute Gasteiger partial charge is 0.216 e. The van der Waals surface area contributed by atoms with Crippen LogP contribution in [0.2, 0.25) is 0 Å². The van der Waals surface area contributed by atoms with Crippen molar-refractivity contribution in [3.63, 3.8) is 0 Å². The quantitative estimate of drug-likeness (QED) is 0.326. The largest absolute Gasteiger partial charge is 0.493 e. The van der Waals surface area contributed by atoms with Gasteiger partial charge in [-0.2, -0.15) is 0 Å². The molecule has 0 aliphatic heterocycles. The third kappa shape index (κ3) is 9.59. The van der Waals surface area contributed by atoms with Crippen molar-refractivity contribution in [1.29, 1.82) is 0 Å². The van der Waals surface area contributed by atoms with E-state index in [2.05, 4.69) is 9.44 Å². The van der Waals surface area contributed by atoms with Gasteiger partial charge in [-0.15, -0.1) is 0 Å². The first-order valence-electron chi connectivity index (χ1n) is 12.5. The number of hydrogen-bond acceptors (Lipinski definition) is 6. The van der Waals surface area contributed by atoms with Gasteiger partial charge in [-0.3, -0.25) is 0 Å². The van der Waals surface area contributed by atoms with Crippen LogP contribution < -0.4 is 18.9 Å². The lowest BCUT2D eigenvalue weighted by Crippen LogP contribution is -2.39. The highest BCUT2D eigenvalue weighted by atomic mass is 32.2. The van der Waals surface area contributed by atoms with Gasteiger partial charge in [-0.1, -0.05) is 36.4 Å². The maximum absolute atomic E-state index is 12.3. The van der Waals surface area contributed by atoms with E-state index in [-0.39, 0.29) is 13.1 Å². The van der Waals surface area contributed by atoms with Gasteiger partial charge in [0.05, 0.1) is 22.7 Å². The molecule has 0 spiro atoms.